The highest BCUT2D eigenvalue weighted by Gasteiger charge is 2.16. The van der Waals surface area contributed by atoms with Gasteiger partial charge in [-0.2, -0.15) is 0 Å². The smallest absolute Gasteiger partial charge is 0.241 e. The van der Waals surface area contributed by atoms with Gasteiger partial charge < -0.3 is 25.3 Å². The Balaban J connectivity index is 0.00000225. The molecule has 1 atom stereocenters. The Kier molecular flexibility index (Phi) is 6.50. The number of hydrogen-bond acceptors (Lipinski definition) is 5. The summed E-state index contributed by atoms with van der Waals surface area (Å²) in [6.45, 7) is 2.92. The summed E-state index contributed by atoms with van der Waals surface area (Å²) < 4.78 is 16.1. The molecule has 0 bridgehead atoms. The summed E-state index contributed by atoms with van der Waals surface area (Å²) in [4.78, 5) is 12.1. The number of nitrogens with one attached hydrogen (secondary N) is 1. The highest BCUT2D eigenvalue weighted by atomic mass is 35.5. The van der Waals surface area contributed by atoms with E-state index in [0.29, 0.717) is 30.4 Å². The van der Waals surface area contributed by atoms with Gasteiger partial charge in [0, 0.05) is 6.07 Å². The summed E-state index contributed by atoms with van der Waals surface area (Å²) in [5.74, 6) is 1.81. The van der Waals surface area contributed by atoms with Crippen LogP contribution in [0.15, 0.2) is 42.5 Å². The molecule has 3 N–H and O–H groups in total. The molecule has 0 aliphatic carbocycles. The topological polar surface area (TPSA) is 82.8 Å². The van der Waals surface area contributed by atoms with E-state index in [1.807, 2.05) is 31.2 Å². The van der Waals surface area contributed by atoms with Gasteiger partial charge >= 0.3 is 0 Å². The first kappa shape index (κ1) is 18.9. The Labute approximate surface area is 152 Å². The zero-order valence-corrected chi connectivity index (χ0v) is 14.7. The second kappa shape index (κ2) is 8.60. The van der Waals surface area contributed by atoms with Crippen LogP contribution in [-0.2, 0) is 4.79 Å². The van der Waals surface area contributed by atoms with Gasteiger partial charge in [0.1, 0.15) is 18.4 Å². The van der Waals surface area contributed by atoms with Crippen LogP contribution in [0.2, 0.25) is 0 Å². The molecule has 25 heavy (non-hydrogen) atoms. The summed E-state index contributed by atoms with van der Waals surface area (Å²) in [5.41, 5.74) is 7.88. The first-order valence-corrected chi connectivity index (χ1v) is 7.76. The molecule has 7 heteroatoms. The molecule has 0 fully saturated rings. The van der Waals surface area contributed by atoms with E-state index in [1.165, 1.54) is 0 Å². The van der Waals surface area contributed by atoms with E-state index in [4.69, 9.17) is 19.9 Å². The number of amides is 1. The number of carbonyl (C=O) groups excluding carboxylic acids is 1. The fraction of sp³-hybridized carbons (Fsp3) is 0.278. The zero-order valence-electron chi connectivity index (χ0n) is 13.9. The second-order valence-electron chi connectivity index (χ2n) is 5.54. The largest absolute Gasteiger partial charge is 0.492 e. The fourth-order valence-corrected chi connectivity index (χ4v) is 2.34. The van der Waals surface area contributed by atoms with Gasteiger partial charge in [0.05, 0.1) is 6.54 Å². The molecule has 0 spiro atoms. The van der Waals surface area contributed by atoms with Gasteiger partial charge in [-0.1, -0.05) is 29.8 Å². The van der Waals surface area contributed by atoms with Gasteiger partial charge in [0.15, 0.2) is 11.5 Å². The molecule has 134 valence electrons. The third kappa shape index (κ3) is 4.78. The van der Waals surface area contributed by atoms with E-state index < -0.39 is 6.04 Å². The van der Waals surface area contributed by atoms with Crippen molar-refractivity contribution in [2.45, 2.75) is 13.0 Å². The standard InChI is InChI=1S/C18H20N2O4.ClH/c1-12-2-4-13(5-3-12)17(19)18(21)20-8-9-22-14-6-7-15-16(10-14)24-11-23-15;/h2-7,10,17H,8-9,11,19H2,1H3,(H,20,21);1H. The van der Waals surface area contributed by atoms with Crippen molar-refractivity contribution in [3.8, 4) is 17.2 Å². The summed E-state index contributed by atoms with van der Waals surface area (Å²) in [7, 11) is 0. The monoisotopic (exact) mass is 364 g/mol. The molecule has 1 aliphatic rings. The minimum Gasteiger partial charge on any atom is -0.492 e. The van der Waals surface area contributed by atoms with Gasteiger partial charge in [-0.15, -0.1) is 12.4 Å². The van der Waals surface area contributed by atoms with Crippen LogP contribution in [0.5, 0.6) is 17.2 Å². The minimum absolute atomic E-state index is 0. The number of benzene rings is 2. The first-order valence-electron chi connectivity index (χ1n) is 7.76. The molecule has 1 unspecified atom stereocenters. The molecule has 1 amide bonds. The Morgan fingerprint density at radius 2 is 1.92 bits per heavy atom. The number of nitrogens with two attached hydrogens (primary N) is 1. The summed E-state index contributed by atoms with van der Waals surface area (Å²) >= 11 is 0. The van der Waals surface area contributed by atoms with E-state index in [2.05, 4.69) is 5.32 Å². The van der Waals surface area contributed by atoms with E-state index in [1.54, 1.807) is 18.2 Å². The van der Waals surface area contributed by atoms with Crippen molar-refractivity contribution >= 4 is 18.3 Å². The van der Waals surface area contributed by atoms with Crippen molar-refractivity contribution in [2.24, 2.45) is 5.73 Å². The maximum Gasteiger partial charge on any atom is 0.241 e. The molecule has 1 heterocycles. The Morgan fingerprint density at radius 3 is 2.68 bits per heavy atom. The zero-order chi connectivity index (χ0) is 16.9. The Morgan fingerprint density at radius 1 is 1.20 bits per heavy atom. The number of aryl methyl sites for hydroxylation is 1. The highest BCUT2D eigenvalue weighted by molar-refractivity contribution is 5.85. The van der Waals surface area contributed by atoms with Crippen molar-refractivity contribution in [3.63, 3.8) is 0 Å². The van der Waals surface area contributed by atoms with Crippen LogP contribution in [-0.4, -0.2) is 25.9 Å². The third-order valence-corrected chi connectivity index (χ3v) is 3.73. The van der Waals surface area contributed by atoms with Crippen LogP contribution < -0.4 is 25.3 Å². The van der Waals surface area contributed by atoms with Crippen LogP contribution >= 0.6 is 12.4 Å². The van der Waals surface area contributed by atoms with Gasteiger partial charge in [0.25, 0.3) is 0 Å². The maximum absolute atomic E-state index is 12.1. The van der Waals surface area contributed by atoms with Gasteiger partial charge in [-0.3, -0.25) is 4.79 Å². The lowest BCUT2D eigenvalue weighted by molar-refractivity contribution is -0.122. The van der Waals surface area contributed by atoms with Crippen LogP contribution in [0.4, 0.5) is 0 Å². The third-order valence-electron chi connectivity index (χ3n) is 3.73. The first-order chi connectivity index (χ1) is 11.6. The van der Waals surface area contributed by atoms with Crippen molar-refractivity contribution in [1.82, 2.24) is 5.32 Å². The van der Waals surface area contributed by atoms with E-state index >= 15 is 0 Å². The van der Waals surface area contributed by atoms with Crippen molar-refractivity contribution in [1.29, 1.82) is 0 Å². The fourth-order valence-electron chi connectivity index (χ4n) is 2.34. The normalized spacial score (nSPS) is 12.9. The second-order valence-corrected chi connectivity index (χ2v) is 5.54. The average Bonchev–Trinajstić information content (AvgIpc) is 3.06. The van der Waals surface area contributed by atoms with Gasteiger partial charge in [0.2, 0.25) is 12.7 Å². The van der Waals surface area contributed by atoms with Crippen LogP contribution in [0, 0.1) is 6.92 Å². The van der Waals surface area contributed by atoms with Crippen molar-refractivity contribution < 1.29 is 19.0 Å². The molecule has 0 radical (unpaired) electrons. The highest BCUT2D eigenvalue weighted by Crippen LogP contribution is 2.34. The predicted molar refractivity (Wildman–Crippen MR) is 96.4 cm³/mol. The molecule has 0 saturated carbocycles. The molecule has 0 saturated heterocycles. The van der Waals surface area contributed by atoms with E-state index in [9.17, 15) is 4.79 Å². The lowest BCUT2D eigenvalue weighted by Crippen LogP contribution is -2.36. The number of ether oxygens (including phenoxy) is 3. The molecule has 2 aromatic rings. The molecular weight excluding hydrogens is 344 g/mol. The molecule has 0 aromatic heterocycles. The molecule has 1 aliphatic heterocycles. The minimum atomic E-state index is -0.684. The SMILES string of the molecule is Cc1ccc(C(N)C(=O)NCCOc2ccc3c(c2)OCO3)cc1.Cl. The summed E-state index contributed by atoms with van der Waals surface area (Å²) in [6, 6.07) is 12.3. The van der Waals surface area contributed by atoms with Gasteiger partial charge in [-0.25, -0.2) is 0 Å². The molecule has 6 nitrogen and oxygen atoms in total. The number of fused-ring (bicyclic) bond motifs is 1. The quantitative estimate of drug-likeness (QED) is 0.769. The van der Waals surface area contributed by atoms with Crippen LogP contribution in [0.25, 0.3) is 0 Å². The number of halogens is 1. The predicted octanol–water partition coefficient (Wildman–Crippen LogP) is 2.34. The summed E-state index contributed by atoms with van der Waals surface area (Å²) in [6.07, 6.45) is 0. The van der Waals surface area contributed by atoms with Crippen LogP contribution in [0.3, 0.4) is 0 Å². The number of carbonyl (C=O) groups is 1. The van der Waals surface area contributed by atoms with Gasteiger partial charge in [-0.05, 0) is 24.6 Å². The maximum atomic E-state index is 12.1. The lowest BCUT2D eigenvalue weighted by Gasteiger charge is -2.13. The average molecular weight is 365 g/mol. The molecule has 2 aromatic carbocycles. The number of rotatable bonds is 6. The molecule has 3 rings (SSSR count). The summed E-state index contributed by atoms with van der Waals surface area (Å²) in [5, 5.41) is 2.77. The van der Waals surface area contributed by atoms with Crippen LogP contribution in [0.1, 0.15) is 17.2 Å². The molecular formula is C18H21ClN2O4. The number of hydrogen-bond donors (Lipinski definition) is 2. The van der Waals surface area contributed by atoms with E-state index in [0.717, 1.165) is 11.1 Å². The Hall–Kier alpha value is -2.44. The van der Waals surface area contributed by atoms with E-state index in [-0.39, 0.29) is 25.1 Å². The van der Waals surface area contributed by atoms with Crippen molar-refractivity contribution in [2.75, 3.05) is 19.9 Å². The lowest BCUT2D eigenvalue weighted by atomic mass is 10.1. The Bertz CT molecular complexity index is 722. The van der Waals surface area contributed by atoms with Crippen molar-refractivity contribution in [3.05, 3.63) is 53.6 Å².